The van der Waals surface area contributed by atoms with E-state index in [1.807, 2.05) is 24.3 Å². The summed E-state index contributed by atoms with van der Waals surface area (Å²) in [4.78, 5) is 40.1. The Morgan fingerprint density at radius 1 is 1.03 bits per heavy atom. The molecule has 0 saturated heterocycles. The third kappa shape index (κ3) is 5.00. The van der Waals surface area contributed by atoms with E-state index in [-0.39, 0.29) is 34.9 Å². The molecule has 0 aliphatic heterocycles. The van der Waals surface area contributed by atoms with Crippen molar-refractivity contribution in [3.05, 3.63) is 100.0 Å². The molecule has 0 fully saturated rings. The standard InChI is InChI=1S/C28H21FN2O5/c1-18-25(33)22-9-5-10-23(27(22)36-26(18)19-7-3-2-4-8-19)28(34)35-17-24(32)31(16-6-15-30)21-13-11-20(29)12-14-21/h2-5,7-14H,6,16-17H2,1H3. The predicted molar refractivity (Wildman–Crippen MR) is 132 cm³/mol. The molecule has 0 spiro atoms. The second kappa shape index (κ2) is 10.7. The first-order valence-corrected chi connectivity index (χ1v) is 11.1. The third-order valence-electron chi connectivity index (χ3n) is 5.61. The number of nitrogens with zero attached hydrogens (tertiary/aromatic N) is 2. The number of nitriles is 1. The number of anilines is 1. The third-order valence-corrected chi connectivity index (χ3v) is 5.61. The second-order valence-electron chi connectivity index (χ2n) is 7.94. The molecule has 7 nitrogen and oxygen atoms in total. The van der Waals surface area contributed by atoms with E-state index in [0.29, 0.717) is 22.6 Å². The highest BCUT2D eigenvalue weighted by atomic mass is 19.1. The number of hydrogen-bond donors (Lipinski definition) is 0. The number of carbonyl (C=O) groups is 2. The van der Waals surface area contributed by atoms with Crippen LogP contribution in [-0.4, -0.2) is 25.0 Å². The number of rotatable bonds is 7. The van der Waals surface area contributed by atoms with Crippen LogP contribution in [0, 0.1) is 24.1 Å². The average molecular weight is 484 g/mol. The van der Waals surface area contributed by atoms with Crippen LogP contribution in [0.1, 0.15) is 22.3 Å². The molecule has 0 aliphatic rings. The van der Waals surface area contributed by atoms with Gasteiger partial charge in [0.05, 0.1) is 17.9 Å². The molecule has 1 heterocycles. The van der Waals surface area contributed by atoms with Crippen molar-refractivity contribution in [2.45, 2.75) is 13.3 Å². The quantitative estimate of drug-likeness (QED) is 0.342. The van der Waals surface area contributed by atoms with Crippen molar-refractivity contribution in [2.24, 2.45) is 0 Å². The lowest BCUT2D eigenvalue weighted by molar-refractivity contribution is -0.121. The summed E-state index contributed by atoms with van der Waals surface area (Å²) in [7, 11) is 0. The Bertz CT molecular complexity index is 1520. The van der Waals surface area contributed by atoms with Crippen LogP contribution in [0.5, 0.6) is 0 Å². The maximum atomic E-state index is 13.3. The molecular weight excluding hydrogens is 463 g/mol. The van der Waals surface area contributed by atoms with E-state index in [1.165, 1.54) is 41.3 Å². The van der Waals surface area contributed by atoms with E-state index in [2.05, 4.69) is 0 Å². The summed E-state index contributed by atoms with van der Waals surface area (Å²) in [5.41, 5.74) is 1.23. The van der Waals surface area contributed by atoms with Gasteiger partial charge < -0.3 is 14.1 Å². The molecule has 0 N–H and O–H groups in total. The van der Waals surface area contributed by atoms with Crippen molar-refractivity contribution in [3.8, 4) is 17.4 Å². The Hall–Kier alpha value is -4.77. The van der Waals surface area contributed by atoms with Gasteiger partial charge in [-0.25, -0.2) is 9.18 Å². The molecule has 0 radical (unpaired) electrons. The number of halogens is 1. The summed E-state index contributed by atoms with van der Waals surface area (Å²) in [6.45, 7) is 1.07. The molecule has 0 saturated carbocycles. The minimum atomic E-state index is -0.848. The van der Waals surface area contributed by atoms with Gasteiger partial charge in [-0.15, -0.1) is 0 Å². The lowest BCUT2D eigenvalue weighted by Crippen LogP contribution is -2.35. The van der Waals surface area contributed by atoms with Crippen LogP contribution in [-0.2, 0) is 9.53 Å². The molecule has 0 atom stereocenters. The molecule has 0 bridgehead atoms. The highest BCUT2D eigenvalue weighted by Crippen LogP contribution is 2.27. The highest BCUT2D eigenvalue weighted by Gasteiger charge is 2.22. The maximum absolute atomic E-state index is 13.3. The first-order chi connectivity index (χ1) is 17.4. The van der Waals surface area contributed by atoms with Crippen molar-refractivity contribution in [1.29, 1.82) is 5.26 Å². The Labute approximate surface area is 206 Å². The van der Waals surface area contributed by atoms with E-state index in [4.69, 9.17) is 14.4 Å². The Morgan fingerprint density at radius 3 is 2.44 bits per heavy atom. The van der Waals surface area contributed by atoms with E-state index in [1.54, 1.807) is 25.1 Å². The second-order valence-corrected chi connectivity index (χ2v) is 7.94. The maximum Gasteiger partial charge on any atom is 0.342 e. The van der Waals surface area contributed by atoms with Crippen LogP contribution in [0.4, 0.5) is 10.1 Å². The van der Waals surface area contributed by atoms with E-state index in [9.17, 15) is 18.8 Å². The van der Waals surface area contributed by atoms with Gasteiger partial charge in [0.2, 0.25) is 0 Å². The summed E-state index contributed by atoms with van der Waals surface area (Å²) in [5, 5.41) is 9.15. The summed E-state index contributed by atoms with van der Waals surface area (Å²) in [6.07, 6.45) is 0.0349. The highest BCUT2D eigenvalue weighted by molar-refractivity contribution is 6.03. The Morgan fingerprint density at radius 2 is 1.75 bits per heavy atom. The molecule has 4 rings (SSSR count). The number of amides is 1. The van der Waals surface area contributed by atoms with Gasteiger partial charge in [0, 0.05) is 23.4 Å². The van der Waals surface area contributed by atoms with Gasteiger partial charge in [-0.3, -0.25) is 9.59 Å². The lowest BCUT2D eigenvalue weighted by atomic mass is 10.0. The van der Waals surface area contributed by atoms with Crippen molar-refractivity contribution in [1.82, 2.24) is 0 Å². The normalized spacial score (nSPS) is 10.6. The molecule has 0 unspecified atom stereocenters. The molecule has 3 aromatic carbocycles. The number of fused-ring (bicyclic) bond motifs is 1. The number of para-hydroxylation sites is 1. The van der Waals surface area contributed by atoms with E-state index >= 15 is 0 Å². The van der Waals surface area contributed by atoms with Crippen molar-refractivity contribution in [2.75, 3.05) is 18.1 Å². The number of ether oxygens (including phenoxy) is 1. The van der Waals surface area contributed by atoms with Gasteiger partial charge >= 0.3 is 5.97 Å². The van der Waals surface area contributed by atoms with Crippen molar-refractivity contribution < 1.29 is 23.1 Å². The van der Waals surface area contributed by atoms with Crippen LogP contribution < -0.4 is 10.3 Å². The molecule has 0 aliphatic carbocycles. The number of carbonyl (C=O) groups excluding carboxylic acids is 2. The van der Waals surface area contributed by atoms with Gasteiger partial charge in [-0.2, -0.15) is 5.26 Å². The number of hydrogen-bond acceptors (Lipinski definition) is 6. The number of esters is 1. The molecule has 8 heteroatoms. The molecule has 4 aromatic rings. The minimum absolute atomic E-state index is 0.0000573. The van der Waals surface area contributed by atoms with E-state index in [0.717, 1.165) is 0 Å². The molecule has 180 valence electrons. The monoisotopic (exact) mass is 484 g/mol. The van der Waals surface area contributed by atoms with Gasteiger partial charge in [-0.05, 0) is 43.3 Å². The fourth-order valence-electron chi connectivity index (χ4n) is 3.80. The fourth-order valence-corrected chi connectivity index (χ4v) is 3.80. The predicted octanol–water partition coefficient (Wildman–Crippen LogP) is 5.01. The SMILES string of the molecule is Cc1c(-c2ccccc2)oc2c(C(=O)OCC(=O)N(CCC#N)c3ccc(F)cc3)cccc2c1=O. The zero-order valence-electron chi connectivity index (χ0n) is 19.4. The summed E-state index contributed by atoms with van der Waals surface area (Å²) < 4.78 is 24.6. The smallest absolute Gasteiger partial charge is 0.342 e. The first-order valence-electron chi connectivity index (χ1n) is 11.1. The zero-order chi connectivity index (χ0) is 25.7. The molecular formula is C28H21FN2O5. The largest absolute Gasteiger partial charge is 0.455 e. The zero-order valence-corrected chi connectivity index (χ0v) is 19.4. The summed E-state index contributed by atoms with van der Waals surface area (Å²) in [6, 6.07) is 20.7. The van der Waals surface area contributed by atoms with Crippen LogP contribution in [0.3, 0.4) is 0 Å². The molecule has 1 aromatic heterocycles. The van der Waals surface area contributed by atoms with Crippen molar-refractivity contribution in [3.63, 3.8) is 0 Å². The Balaban J connectivity index is 1.62. The van der Waals surface area contributed by atoms with Crippen molar-refractivity contribution >= 4 is 28.5 Å². The van der Waals surface area contributed by atoms with Crippen LogP contribution in [0.15, 0.2) is 82.0 Å². The van der Waals surface area contributed by atoms with Crippen LogP contribution in [0.25, 0.3) is 22.3 Å². The van der Waals surface area contributed by atoms with E-state index < -0.39 is 24.3 Å². The van der Waals surface area contributed by atoms with Gasteiger partial charge in [-0.1, -0.05) is 36.4 Å². The van der Waals surface area contributed by atoms with Crippen LogP contribution in [0.2, 0.25) is 0 Å². The average Bonchev–Trinajstić information content (AvgIpc) is 2.90. The number of benzene rings is 3. The van der Waals surface area contributed by atoms with Crippen LogP contribution >= 0.6 is 0 Å². The van der Waals surface area contributed by atoms with Gasteiger partial charge in [0.25, 0.3) is 5.91 Å². The molecule has 1 amide bonds. The summed E-state index contributed by atoms with van der Waals surface area (Å²) >= 11 is 0. The lowest BCUT2D eigenvalue weighted by Gasteiger charge is -2.21. The molecule has 36 heavy (non-hydrogen) atoms. The first kappa shape index (κ1) is 24.4. The van der Waals surface area contributed by atoms with Gasteiger partial charge in [0.15, 0.2) is 17.6 Å². The Kier molecular flexibility index (Phi) is 7.21. The minimum Gasteiger partial charge on any atom is -0.455 e. The summed E-state index contributed by atoms with van der Waals surface area (Å²) in [5.74, 6) is -1.57. The fraction of sp³-hybridized carbons (Fsp3) is 0.143. The van der Waals surface area contributed by atoms with Gasteiger partial charge in [0.1, 0.15) is 17.1 Å². The topological polar surface area (TPSA) is 101 Å².